The number of hydrogen-bond donors (Lipinski definition) is 0. The van der Waals surface area contributed by atoms with Crippen LogP contribution < -0.4 is 0 Å². The molecule has 0 aromatic heterocycles. The first-order valence-electron chi connectivity index (χ1n) is 0.129. The van der Waals surface area contributed by atoms with E-state index in [-0.39, 0.29) is 50.6 Å². The molecule has 7 heteroatoms. The van der Waals surface area contributed by atoms with E-state index in [0.29, 0.717) is 0 Å². The fourth-order valence-corrected chi connectivity index (χ4v) is 0. The van der Waals surface area contributed by atoms with Gasteiger partial charge in [0.05, 0.1) is 0 Å². The van der Waals surface area contributed by atoms with Crippen LogP contribution in [0.4, 0.5) is 0 Å². The molecule has 0 heterocycles. The summed E-state index contributed by atoms with van der Waals surface area (Å²) in [4.78, 5) is 0. The molecule has 7 heavy (non-hydrogen) atoms. The van der Waals surface area contributed by atoms with E-state index in [1.54, 1.807) is 0 Å². The average Bonchev–Trinajstić information content (AvgIpc) is 1.00. The van der Waals surface area contributed by atoms with Crippen molar-refractivity contribution in [2.75, 3.05) is 0 Å². The summed E-state index contributed by atoms with van der Waals surface area (Å²) in [5, 5.41) is 0. The van der Waals surface area contributed by atoms with Gasteiger partial charge in [0, 0.05) is 0 Å². The zero-order valence-electron chi connectivity index (χ0n) is 2.66. The molecule has 0 amide bonds. The normalized spacial score (nSPS) is 0.857. The van der Waals surface area contributed by atoms with Crippen LogP contribution in [0.15, 0.2) is 0 Å². The van der Waals surface area contributed by atoms with Gasteiger partial charge < -0.3 is 16.4 Å². The van der Waals surface area contributed by atoms with E-state index in [1.807, 2.05) is 0 Å². The quantitative estimate of drug-likeness (QED) is 0.519. The third-order valence-electron chi connectivity index (χ3n) is 0. The first kappa shape index (κ1) is 87.3. The van der Waals surface area contributed by atoms with Crippen molar-refractivity contribution in [2.45, 2.75) is 0 Å². The Bertz CT molecular complexity index is 9.65. The van der Waals surface area contributed by atoms with Gasteiger partial charge in [0.2, 0.25) is 0 Å². The number of rotatable bonds is 0. The predicted molar refractivity (Wildman–Crippen MR) is 2.75 cm³/mol. The Labute approximate surface area is 69.9 Å². The summed E-state index contributed by atoms with van der Waals surface area (Å²) in [6.07, 6.45) is 0. The second-order valence-corrected chi connectivity index (χ2v) is 0. The van der Waals surface area contributed by atoms with E-state index in [2.05, 4.69) is 15.4 Å². The second-order valence-electron chi connectivity index (χ2n) is 0. The molecule has 0 atom stereocenters. The Morgan fingerprint density at radius 1 is 0.714 bits per heavy atom. The molecule has 0 aromatic rings. The average molecular weight is 234 g/mol. The van der Waals surface area contributed by atoms with Crippen LogP contribution in [-0.2, 0) is 69.9 Å². The summed E-state index contributed by atoms with van der Waals surface area (Å²) in [7, 11) is 0. The first-order valence-corrected chi connectivity index (χ1v) is 0.532. The fraction of sp³-hybridized carbons (Fsp3) is 0. The molecule has 0 saturated carbocycles. The van der Waals surface area contributed by atoms with Crippen molar-refractivity contribution in [1.82, 2.24) is 0 Å². The van der Waals surface area contributed by atoms with E-state index in [1.165, 1.54) is 0 Å². The van der Waals surface area contributed by atoms with E-state index in [9.17, 15) is 0 Å². The van der Waals surface area contributed by atoms with Crippen LogP contribution in [0.2, 0.25) is 0 Å². The zero-order chi connectivity index (χ0) is 2.00. The van der Waals surface area contributed by atoms with E-state index >= 15 is 0 Å². The maximum absolute atomic E-state index is 7.88. The summed E-state index contributed by atoms with van der Waals surface area (Å²) >= 11 is 2.62. The standard InChI is InChI=1S/2Fe.Ni.4O/q2*+3;;;3*-2. The molecule has 4 nitrogen and oxygen atoms in total. The maximum atomic E-state index is 7.88. The van der Waals surface area contributed by atoms with Crippen LogP contribution in [-0.4, -0.2) is 0 Å². The third-order valence-corrected chi connectivity index (χ3v) is 0. The Kier molecular flexibility index (Phi) is 2360. The summed E-state index contributed by atoms with van der Waals surface area (Å²) in [6, 6.07) is 0. The van der Waals surface area contributed by atoms with E-state index < -0.39 is 0 Å². The van der Waals surface area contributed by atoms with Gasteiger partial charge in [-0.25, -0.2) is 0 Å². The second kappa shape index (κ2) is 189. The molecule has 0 saturated heterocycles. The minimum atomic E-state index is 0. The van der Waals surface area contributed by atoms with Gasteiger partial charge in [-0.2, -0.15) is 0 Å². The fourth-order valence-electron chi connectivity index (χ4n) is 0. The summed E-state index contributed by atoms with van der Waals surface area (Å²) < 4.78 is 7.88. The molecule has 0 aliphatic rings. The molecule has 0 unspecified atom stereocenters. The Morgan fingerprint density at radius 3 is 0.714 bits per heavy atom. The summed E-state index contributed by atoms with van der Waals surface area (Å²) in [5.74, 6) is 0. The van der Waals surface area contributed by atoms with Gasteiger partial charge in [0.15, 0.2) is 0 Å². The van der Waals surface area contributed by atoms with E-state index in [0.717, 1.165) is 0 Å². The predicted octanol–water partition coefficient (Wildman–Crippen LogP) is -0.483. The molecule has 0 aliphatic carbocycles. The molecular formula is Fe2NiO4. The van der Waals surface area contributed by atoms with Crippen molar-refractivity contribution < 1.29 is 69.9 Å². The van der Waals surface area contributed by atoms with Crippen LogP contribution in [0.3, 0.4) is 0 Å². The molecule has 0 fully saturated rings. The Balaban J connectivity index is -0.000000000500. The number of hydrogen-bond acceptors (Lipinski definition) is 1. The van der Waals surface area contributed by atoms with Crippen LogP contribution >= 0.6 is 0 Å². The molecule has 0 N–H and O–H groups in total. The monoisotopic (exact) mass is 234 g/mol. The topological polar surface area (TPSA) is 103 Å². The van der Waals surface area contributed by atoms with E-state index in [4.69, 9.17) is 3.90 Å². The zero-order valence-corrected chi connectivity index (χ0v) is 5.85. The van der Waals surface area contributed by atoms with Gasteiger partial charge in [-0.1, -0.05) is 0 Å². The van der Waals surface area contributed by atoms with Crippen molar-refractivity contribution in [1.29, 1.82) is 0 Å². The molecule has 0 aromatic carbocycles. The Hall–Kier alpha value is 1.21. The molecule has 2 radical (unpaired) electrons. The molecule has 50 valence electrons. The van der Waals surface area contributed by atoms with Gasteiger partial charge >= 0.3 is 53.4 Å². The van der Waals surface area contributed by atoms with Gasteiger partial charge in [-0.3, -0.25) is 0 Å². The SMILES string of the molecule is [Fe+3].[Fe+3].[O-2].[O-2].[O-2].[O]=[Ni]. The van der Waals surface area contributed by atoms with Gasteiger partial charge in [-0.15, -0.1) is 0 Å². The van der Waals surface area contributed by atoms with Crippen molar-refractivity contribution in [3.8, 4) is 0 Å². The molecule has 0 aliphatic heterocycles. The van der Waals surface area contributed by atoms with Gasteiger partial charge in [-0.05, 0) is 0 Å². The molecular weight excluding hydrogens is 234 g/mol. The van der Waals surface area contributed by atoms with Crippen molar-refractivity contribution in [2.24, 2.45) is 0 Å². The summed E-state index contributed by atoms with van der Waals surface area (Å²) in [6.45, 7) is 0. The minimum absolute atomic E-state index is 0. The summed E-state index contributed by atoms with van der Waals surface area (Å²) in [5.41, 5.74) is 0. The van der Waals surface area contributed by atoms with Gasteiger partial charge in [0.25, 0.3) is 0 Å². The van der Waals surface area contributed by atoms with Crippen LogP contribution in [0.1, 0.15) is 0 Å². The Morgan fingerprint density at radius 2 is 0.714 bits per heavy atom. The van der Waals surface area contributed by atoms with Crippen LogP contribution in [0.5, 0.6) is 0 Å². The molecule has 0 bridgehead atoms. The van der Waals surface area contributed by atoms with Crippen molar-refractivity contribution in [3.05, 3.63) is 0 Å². The van der Waals surface area contributed by atoms with Crippen LogP contribution in [0, 0.1) is 0 Å². The third kappa shape index (κ3) is 133. The van der Waals surface area contributed by atoms with Gasteiger partial charge in [0.1, 0.15) is 0 Å². The van der Waals surface area contributed by atoms with Crippen LogP contribution in [0.25, 0.3) is 0 Å². The van der Waals surface area contributed by atoms with Crippen molar-refractivity contribution >= 4 is 0 Å². The van der Waals surface area contributed by atoms with Crippen molar-refractivity contribution in [3.63, 3.8) is 0 Å². The first-order chi connectivity index (χ1) is 1.00. The molecule has 0 spiro atoms. The molecule has 0 rings (SSSR count).